The first kappa shape index (κ1) is 19.9. The van der Waals surface area contributed by atoms with Gasteiger partial charge in [-0.2, -0.15) is 5.10 Å². The van der Waals surface area contributed by atoms with Gasteiger partial charge in [0.15, 0.2) is 22.3 Å². The molecule has 0 saturated carbocycles. The molecule has 0 aliphatic carbocycles. The maximum absolute atomic E-state index is 12.5. The molecule has 0 unspecified atom stereocenters. The minimum absolute atomic E-state index is 0.279. The number of aromatic amines is 1. The normalized spacial score (nSPS) is 10.9. The molecule has 2 aromatic heterocycles. The Kier molecular flexibility index (Phi) is 5.99. The van der Waals surface area contributed by atoms with Crippen molar-refractivity contribution in [2.75, 3.05) is 19.5 Å². The van der Waals surface area contributed by atoms with E-state index in [2.05, 4.69) is 34.3 Å². The van der Waals surface area contributed by atoms with Crippen LogP contribution in [-0.4, -0.2) is 35.3 Å². The number of H-pyrrole nitrogens is 1. The van der Waals surface area contributed by atoms with E-state index in [9.17, 15) is 4.79 Å². The minimum Gasteiger partial charge on any atom is -0.493 e. The number of aromatic nitrogens is 3. The van der Waals surface area contributed by atoms with Gasteiger partial charge >= 0.3 is 0 Å². The molecule has 7 nitrogen and oxygen atoms in total. The van der Waals surface area contributed by atoms with Gasteiger partial charge in [0.05, 0.1) is 19.9 Å². The maximum atomic E-state index is 12.5. The van der Waals surface area contributed by atoms with Gasteiger partial charge in [-0.1, -0.05) is 13.8 Å². The number of aryl methyl sites for hydroxylation is 1. The van der Waals surface area contributed by atoms with E-state index in [0.29, 0.717) is 28.2 Å². The first-order valence-electron chi connectivity index (χ1n) is 8.96. The van der Waals surface area contributed by atoms with Crippen LogP contribution < -0.4 is 14.8 Å². The van der Waals surface area contributed by atoms with E-state index >= 15 is 0 Å². The van der Waals surface area contributed by atoms with Crippen LogP contribution in [0.4, 0.5) is 5.13 Å². The Morgan fingerprint density at radius 1 is 1.21 bits per heavy atom. The average molecular weight is 401 g/mol. The van der Waals surface area contributed by atoms with Crippen molar-refractivity contribution >= 4 is 22.4 Å². The summed E-state index contributed by atoms with van der Waals surface area (Å²) >= 11 is 1.42. The highest BCUT2D eigenvalue weighted by atomic mass is 32.1. The number of ether oxygens (including phenoxy) is 2. The third-order valence-corrected chi connectivity index (χ3v) is 5.05. The van der Waals surface area contributed by atoms with Crippen molar-refractivity contribution in [1.82, 2.24) is 15.2 Å². The highest BCUT2D eigenvalue weighted by Crippen LogP contribution is 2.36. The topological polar surface area (TPSA) is 89.1 Å². The molecule has 0 aliphatic rings. The molecule has 0 aliphatic heterocycles. The summed E-state index contributed by atoms with van der Waals surface area (Å²) in [4.78, 5) is 18.1. The fourth-order valence-electron chi connectivity index (χ4n) is 2.88. The highest BCUT2D eigenvalue weighted by molar-refractivity contribution is 7.16. The third-order valence-electron chi connectivity index (χ3n) is 4.17. The molecule has 3 aromatic rings. The number of anilines is 1. The molecule has 1 amide bonds. The van der Waals surface area contributed by atoms with Gasteiger partial charge < -0.3 is 9.47 Å². The lowest BCUT2D eigenvalue weighted by Gasteiger charge is -2.08. The van der Waals surface area contributed by atoms with Crippen LogP contribution in [0.15, 0.2) is 24.3 Å². The summed E-state index contributed by atoms with van der Waals surface area (Å²) in [5.74, 6) is 1.50. The Morgan fingerprint density at radius 3 is 2.64 bits per heavy atom. The second kappa shape index (κ2) is 8.43. The fourth-order valence-corrected chi connectivity index (χ4v) is 3.72. The number of nitrogens with zero attached hydrogens (tertiary/aromatic N) is 2. The van der Waals surface area contributed by atoms with E-state index in [1.807, 2.05) is 25.1 Å². The van der Waals surface area contributed by atoms with Crippen molar-refractivity contribution in [3.8, 4) is 22.8 Å². The van der Waals surface area contributed by atoms with Crippen molar-refractivity contribution in [2.45, 2.75) is 27.2 Å². The molecule has 0 bridgehead atoms. The summed E-state index contributed by atoms with van der Waals surface area (Å²) in [6, 6.07) is 7.41. The lowest BCUT2D eigenvalue weighted by molar-refractivity contribution is 0.102. The Balaban J connectivity index is 1.79. The molecule has 28 heavy (non-hydrogen) atoms. The average Bonchev–Trinajstić information content (AvgIpc) is 3.27. The minimum atomic E-state index is -0.279. The molecule has 148 valence electrons. The molecular formula is C20H24N4O3S. The zero-order chi connectivity index (χ0) is 20.3. The Hall–Kier alpha value is -2.87. The number of carbonyl (C=O) groups excluding carboxylic acids is 1. The Morgan fingerprint density at radius 2 is 1.96 bits per heavy atom. The van der Waals surface area contributed by atoms with Crippen molar-refractivity contribution < 1.29 is 14.3 Å². The van der Waals surface area contributed by atoms with Crippen molar-refractivity contribution in [2.24, 2.45) is 5.92 Å². The third kappa shape index (κ3) is 4.33. The van der Waals surface area contributed by atoms with Gasteiger partial charge in [0, 0.05) is 16.1 Å². The second-order valence-electron chi connectivity index (χ2n) is 6.82. The summed E-state index contributed by atoms with van der Waals surface area (Å²) in [6.45, 7) is 6.21. The molecule has 1 aromatic carbocycles. The summed E-state index contributed by atoms with van der Waals surface area (Å²) < 4.78 is 10.6. The van der Waals surface area contributed by atoms with Crippen LogP contribution in [0.1, 0.15) is 34.9 Å². The summed E-state index contributed by atoms with van der Waals surface area (Å²) in [6.07, 6.45) is 0.847. The quantitative estimate of drug-likeness (QED) is 0.617. The van der Waals surface area contributed by atoms with Crippen LogP contribution in [-0.2, 0) is 6.42 Å². The molecule has 8 heteroatoms. The van der Waals surface area contributed by atoms with Crippen LogP contribution in [0.3, 0.4) is 0 Å². The highest BCUT2D eigenvalue weighted by Gasteiger charge is 2.17. The SMILES string of the molecule is COc1ccc(-c2nc(NC(=O)c3cc(CC(C)C)[nH]n3)sc2C)cc1OC. The monoisotopic (exact) mass is 400 g/mol. The van der Waals surface area contributed by atoms with Gasteiger partial charge in [0.1, 0.15) is 0 Å². The smallest absolute Gasteiger partial charge is 0.277 e. The van der Waals surface area contributed by atoms with Crippen LogP contribution in [0, 0.1) is 12.8 Å². The van der Waals surface area contributed by atoms with Crippen LogP contribution in [0.5, 0.6) is 11.5 Å². The molecule has 3 rings (SSSR count). The lowest BCUT2D eigenvalue weighted by atomic mass is 10.1. The molecule has 0 saturated heterocycles. The number of amides is 1. The van der Waals surface area contributed by atoms with Gasteiger partial charge in [-0.3, -0.25) is 15.2 Å². The van der Waals surface area contributed by atoms with Gasteiger partial charge in [-0.25, -0.2) is 4.98 Å². The number of carbonyl (C=O) groups is 1. The van der Waals surface area contributed by atoms with Crippen molar-refractivity contribution in [1.29, 1.82) is 0 Å². The number of hydrogen-bond donors (Lipinski definition) is 2. The van der Waals surface area contributed by atoms with Crippen LogP contribution in [0.25, 0.3) is 11.3 Å². The van der Waals surface area contributed by atoms with Gasteiger partial charge in [-0.15, -0.1) is 11.3 Å². The standard InChI is InChI=1S/C20H24N4O3S/c1-11(2)8-14-10-15(24-23-14)19(25)22-20-21-18(12(3)28-20)13-6-7-16(26-4)17(9-13)27-5/h6-7,9-11H,8H2,1-5H3,(H,23,24)(H,21,22,25). The maximum Gasteiger partial charge on any atom is 0.277 e. The predicted molar refractivity (Wildman–Crippen MR) is 110 cm³/mol. The largest absolute Gasteiger partial charge is 0.493 e. The number of thiazole rings is 1. The van der Waals surface area contributed by atoms with E-state index in [-0.39, 0.29) is 5.91 Å². The van der Waals surface area contributed by atoms with E-state index < -0.39 is 0 Å². The van der Waals surface area contributed by atoms with Gasteiger partial charge in [0.2, 0.25) is 0 Å². The number of hydrogen-bond acceptors (Lipinski definition) is 6. The number of nitrogens with one attached hydrogen (secondary N) is 2. The summed E-state index contributed by atoms with van der Waals surface area (Å²) in [5, 5.41) is 10.4. The first-order valence-corrected chi connectivity index (χ1v) is 9.78. The number of methoxy groups -OCH3 is 2. The Labute approximate surface area is 168 Å². The van der Waals surface area contributed by atoms with E-state index in [4.69, 9.17) is 9.47 Å². The molecular weight excluding hydrogens is 376 g/mol. The van der Waals surface area contributed by atoms with Crippen LogP contribution >= 0.6 is 11.3 Å². The first-order chi connectivity index (χ1) is 13.4. The van der Waals surface area contributed by atoms with Crippen molar-refractivity contribution in [3.05, 3.63) is 40.5 Å². The van der Waals surface area contributed by atoms with Crippen molar-refractivity contribution in [3.63, 3.8) is 0 Å². The van der Waals surface area contributed by atoms with E-state index in [0.717, 1.165) is 28.2 Å². The number of rotatable bonds is 7. The fraction of sp³-hybridized carbons (Fsp3) is 0.350. The predicted octanol–water partition coefficient (Wildman–Crippen LogP) is 4.31. The van der Waals surface area contributed by atoms with Gasteiger partial charge in [0.25, 0.3) is 5.91 Å². The van der Waals surface area contributed by atoms with Crippen LogP contribution in [0.2, 0.25) is 0 Å². The second-order valence-corrected chi connectivity index (χ2v) is 8.03. The molecule has 0 radical (unpaired) electrons. The summed E-state index contributed by atoms with van der Waals surface area (Å²) in [5.41, 5.74) is 2.99. The zero-order valence-electron chi connectivity index (χ0n) is 16.6. The lowest BCUT2D eigenvalue weighted by Crippen LogP contribution is -2.12. The summed E-state index contributed by atoms with van der Waals surface area (Å²) in [7, 11) is 3.19. The molecule has 2 N–H and O–H groups in total. The van der Waals surface area contributed by atoms with E-state index in [1.165, 1.54) is 11.3 Å². The number of benzene rings is 1. The zero-order valence-corrected chi connectivity index (χ0v) is 17.4. The molecule has 0 spiro atoms. The Bertz CT molecular complexity index is 978. The molecule has 2 heterocycles. The molecule has 0 fully saturated rings. The molecule has 0 atom stereocenters. The van der Waals surface area contributed by atoms with E-state index in [1.54, 1.807) is 20.3 Å². The van der Waals surface area contributed by atoms with Gasteiger partial charge in [-0.05, 0) is 43.5 Å².